The molecule has 32 heavy (non-hydrogen) atoms. The molecule has 0 aliphatic rings. The standard InChI is InChI=1S/C26H35NO4P/c1-21-13-7-10-16-24(21)29-32(28-20-19-27(4,5)6,30-25-17-11-8-14-22(25)2)31-26-18-12-9-15-23(26)3/h7-18,32H,19-20H2,1-6H3/q+1. The van der Waals surface area contributed by atoms with Gasteiger partial charge < -0.3 is 0 Å². The third-order valence-corrected chi connectivity index (χ3v) is 6.99. The predicted molar refractivity (Wildman–Crippen MR) is 133 cm³/mol. The SMILES string of the molecule is Cc1ccccc1O[PH](OCC[N+](C)(C)C)(Oc1ccccc1C)Oc1ccccc1C. The zero-order valence-electron chi connectivity index (χ0n) is 19.9. The summed E-state index contributed by atoms with van der Waals surface area (Å²) >= 11 is 0. The number of benzene rings is 3. The Kier molecular flexibility index (Phi) is 7.78. The molecule has 0 aliphatic carbocycles. The summed E-state index contributed by atoms with van der Waals surface area (Å²) in [6, 6.07) is 23.5. The number of aryl methyl sites for hydroxylation is 3. The van der Waals surface area contributed by atoms with Gasteiger partial charge in [-0.1, -0.05) is 0 Å². The second-order valence-corrected chi connectivity index (χ2v) is 10.9. The van der Waals surface area contributed by atoms with E-state index in [0.29, 0.717) is 23.9 Å². The van der Waals surface area contributed by atoms with Gasteiger partial charge >= 0.3 is 193 Å². The summed E-state index contributed by atoms with van der Waals surface area (Å²) in [6.07, 6.45) is 0. The van der Waals surface area contributed by atoms with Gasteiger partial charge in [0.1, 0.15) is 0 Å². The van der Waals surface area contributed by atoms with Crippen molar-refractivity contribution in [3.8, 4) is 17.2 Å². The third-order valence-electron chi connectivity index (χ3n) is 5.03. The molecule has 3 aromatic rings. The van der Waals surface area contributed by atoms with Crippen molar-refractivity contribution in [2.75, 3.05) is 34.3 Å². The molecule has 0 saturated carbocycles. The molecule has 0 spiro atoms. The van der Waals surface area contributed by atoms with E-state index < -0.39 is 8.17 Å². The van der Waals surface area contributed by atoms with Gasteiger partial charge in [-0.25, -0.2) is 0 Å². The molecule has 172 valence electrons. The van der Waals surface area contributed by atoms with Gasteiger partial charge in [-0.15, -0.1) is 0 Å². The molecule has 0 N–H and O–H groups in total. The fourth-order valence-corrected chi connectivity index (χ4v) is 5.15. The number of para-hydroxylation sites is 3. The van der Waals surface area contributed by atoms with Crippen LogP contribution in [0.15, 0.2) is 72.8 Å². The fourth-order valence-electron chi connectivity index (χ4n) is 3.01. The first-order valence-corrected chi connectivity index (χ1v) is 12.5. The van der Waals surface area contributed by atoms with E-state index in [1.165, 1.54) is 0 Å². The Labute approximate surface area is 192 Å². The van der Waals surface area contributed by atoms with Gasteiger partial charge in [-0.3, -0.25) is 0 Å². The molecule has 3 rings (SSSR count). The Balaban J connectivity index is 2.05. The summed E-state index contributed by atoms with van der Waals surface area (Å²) in [7, 11) is 2.65. The molecular weight excluding hydrogens is 421 g/mol. The molecule has 0 unspecified atom stereocenters. The molecule has 0 aromatic heterocycles. The summed E-state index contributed by atoms with van der Waals surface area (Å²) in [5.74, 6) is 2.06. The maximum absolute atomic E-state index is 6.53. The number of hydrogen-bond acceptors (Lipinski definition) is 4. The van der Waals surface area contributed by atoms with E-state index in [9.17, 15) is 0 Å². The van der Waals surface area contributed by atoms with Crippen molar-refractivity contribution < 1.29 is 22.6 Å². The normalized spacial score (nSPS) is 12.3. The van der Waals surface area contributed by atoms with E-state index in [-0.39, 0.29) is 0 Å². The fraction of sp³-hybridized carbons (Fsp3) is 0.308. The molecule has 0 fully saturated rings. The Morgan fingerprint density at radius 2 is 0.938 bits per heavy atom. The third kappa shape index (κ3) is 6.70. The minimum absolute atomic E-state index is 0.430. The van der Waals surface area contributed by atoms with Crippen molar-refractivity contribution in [2.24, 2.45) is 0 Å². The van der Waals surface area contributed by atoms with Crippen LogP contribution in [-0.4, -0.2) is 38.8 Å². The van der Waals surface area contributed by atoms with Gasteiger partial charge in [0.05, 0.1) is 0 Å². The minimum atomic E-state index is -3.72. The number of quaternary nitrogens is 1. The van der Waals surface area contributed by atoms with Crippen molar-refractivity contribution in [1.29, 1.82) is 0 Å². The van der Waals surface area contributed by atoms with Gasteiger partial charge in [0, 0.05) is 0 Å². The van der Waals surface area contributed by atoms with Crippen molar-refractivity contribution in [1.82, 2.24) is 0 Å². The van der Waals surface area contributed by atoms with Crippen LogP contribution in [0.3, 0.4) is 0 Å². The maximum atomic E-state index is 6.53. The Morgan fingerprint density at radius 1 is 0.594 bits per heavy atom. The first-order chi connectivity index (χ1) is 15.2. The van der Waals surface area contributed by atoms with Crippen molar-refractivity contribution in [2.45, 2.75) is 20.8 Å². The Bertz CT molecular complexity index is 916. The van der Waals surface area contributed by atoms with E-state index >= 15 is 0 Å². The Hall–Kier alpha value is -2.59. The molecule has 0 amide bonds. The molecular formula is C26H35NO4P+. The molecule has 5 nitrogen and oxygen atoms in total. The van der Waals surface area contributed by atoms with Crippen molar-refractivity contribution in [3.05, 3.63) is 89.5 Å². The monoisotopic (exact) mass is 456 g/mol. The number of rotatable bonds is 10. The molecule has 0 saturated heterocycles. The quantitative estimate of drug-likeness (QED) is 0.266. The first kappa shape index (κ1) is 24.1. The average molecular weight is 457 g/mol. The summed E-state index contributed by atoms with van der Waals surface area (Å²) in [5, 5.41) is 0. The zero-order valence-corrected chi connectivity index (χ0v) is 20.9. The Morgan fingerprint density at radius 3 is 1.25 bits per heavy atom. The predicted octanol–water partition coefficient (Wildman–Crippen LogP) is 6.28. The molecule has 0 atom stereocenters. The van der Waals surface area contributed by atoms with Gasteiger partial charge in [0.25, 0.3) is 0 Å². The van der Waals surface area contributed by atoms with Gasteiger partial charge in [0.15, 0.2) is 0 Å². The van der Waals surface area contributed by atoms with Crippen LogP contribution in [0.4, 0.5) is 0 Å². The molecule has 0 bridgehead atoms. The first-order valence-electron chi connectivity index (χ1n) is 10.9. The zero-order chi connectivity index (χ0) is 23.2. The van der Waals surface area contributed by atoms with Crippen LogP contribution in [0.25, 0.3) is 0 Å². The van der Waals surface area contributed by atoms with Crippen molar-refractivity contribution >= 4 is 8.17 Å². The van der Waals surface area contributed by atoms with E-state index in [2.05, 4.69) is 21.1 Å². The summed E-state index contributed by atoms with van der Waals surface area (Å²) in [5.41, 5.74) is 2.96. The molecule has 0 aliphatic heterocycles. The summed E-state index contributed by atoms with van der Waals surface area (Å²) < 4.78 is 26.8. The van der Waals surface area contributed by atoms with Crippen LogP contribution in [0.1, 0.15) is 16.7 Å². The number of hydrogen-bond donors (Lipinski definition) is 0. The number of nitrogens with zero attached hydrogens (tertiary/aromatic N) is 1. The van der Waals surface area contributed by atoms with Gasteiger partial charge in [-0.05, 0) is 0 Å². The topological polar surface area (TPSA) is 36.9 Å². The van der Waals surface area contributed by atoms with Crippen LogP contribution in [-0.2, 0) is 4.52 Å². The van der Waals surface area contributed by atoms with Crippen LogP contribution in [0, 0.1) is 20.8 Å². The molecule has 0 heterocycles. The van der Waals surface area contributed by atoms with Gasteiger partial charge in [0.2, 0.25) is 0 Å². The van der Waals surface area contributed by atoms with Crippen LogP contribution >= 0.6 is 8.17 Å². The summed E-state index contributed by atoms with van der Waals surface area (Å²) in [4.78, 5) is 0. The van der Waals surface area contributed by atoms with Crippen LogP contribution < -0.4 is 13.6 Å². The molecule has 6 heteroatoms. The van der Waals surface area contributed by atoms with E-state index in [1.54, 1.807) is 0 Å². The van der Waals surface area contributed by atoms with E-state index in [0.717, 1.165) is 27.7 Å². The second-order valence-electron chi connectivity index (χ2n) is 8.97. The number of likely N-dealkylation sites (N-methyl/N-ethyl adjacent to an activating group) is 1. The van der Waals surface area contributed by atoms with Crippen LogP contribution in [0.2, 0.25) is 0 Å². The molecule has 3 aromatic carbocycles. The van der Waals surface area contributed by atoms with E-state index in [4.69, 9.17) is 18.1 Å². The van der Waals surface area contributed by atoms with E-state index in [1.807, 2.05) is 93.6 Å². The van der Waals surface area contributed by atoms with Crippen LogP contribution in [0.5, 0.6) is 17.2 Å². The average Bonchev–Trinajstić information content (AvgIpc) is 2.72. The van der Waals surface area contributed by atoms with Crippen molar-refractivity contribution in [3.63, 3.8) is 0 Å². The van der Waals surface area contributed by atoms with Gasteiger partial charge in [-0.2, -0.15) is 0 Å². The second kappa shape index (κ2) is 10.4. The molecule has 0 radical (unpaired) electrons. The summed E-state index contributed by atoms with van der Waals surface area (Å²) in [6.45, 7) is 7.21.